The Hall–Kier alpha value is -1.49. The van der Waals surface area contributed by atoms with Crippen LogP contribution in [0.4, 0.5) is 0 Å². The maximum absolute atomic E-state index is 13.2. The second-order valence-electron chi connectivity index (χ2n) is 7.33. The van der Waals surface area contributed by atoms with Crippen LogP contribution in [0.1, 0.15) is 56.3 Å². The van der Waals surface area contributed by atoms with Crippen LogP contribution in [0.2, 0.25) is 0 Å². The van der Waals surface area contributed by atoms with Gasteiger partial charge in [-0.15, -0.1) is 0 Å². The zero-order chi connectivity index (χ0) is 17.5. The molecule has 1 saturated carbocycles. The van der Waals surface area contributed by atoms with E-state index < -0.39 is 22.9 Å². The maximum Gasteiger partial charge on any atom is 0.319 e. The number of hydrogen-bond donors (Lipinski definition) is 0. The van der Waals surface area contributed by atoms with Crippen LogP contribution in [-0.4, -0.2) is 23.6 Å². The number of hydrogen-bond acceptors (Lipinski definition) is 4. The van der Waals surface area contributed by atoms with E-state index in [4.69, 9.17) is 4.74 Å². The standard InChI is InChI=1S/C19H21BrO4/c1-18(2)16(22)19(10-4-3-5-11-19)15(24-17(18)23)14(21)12-6-8-13(20)9-7-12/h6-9,15H,3-5,10-11H2,1-2H3/t15-/m0/s1. The van der Waals surface area contributed by atoms with Crippen molar-refractivity contribution in [1.82, 2.24) is 0 Å². The number of carbonyl (C=O) groups is 3. The van der Waals surface area contributed by atoms with Crippen molar-refractivity contribution in [1.29, 1.82) is 0 Å². The molecule has 1 aliphatic heterocycles. The highest BCUT2D eigenvalue weighted by Gasteiger charge is 2.61. The minimum atomic E-state index is -1.19. The van der Waals surface area contributed by atoms with Crippen LogP contribution < -0.4 is 0 Å². The molecule has 0 unspecified atom stereocenters. The van der Waals surface area contributed by atoms with E-state index in [2.05, 4.69) is 15.9 Å². The van der Waals surface area contributed by atoms with Crippen molar-refractivity contribution in [3.8, 4) is 0 Å². The first-order valence-electron chi connectivity index (χ1n) is 8.35. The number of rotatable bonds is 2. The van der Waals surface area contributed by atoms with Gasteiger partial charge in [-0.1, -0.05) is 47.3 Å². The monoisotopic (exact) mass is 392 g/mol. The number of halogens is 1. The summed E-state index contributed by atoms with van der Waals surface area (Å²) in [7, 11) is 0. The number of esters is 1. The lowest BCUT2D eigenvalue weighted by atomic mass is 9.59. The SMILES string of the molecule is CC1(C)C(=O)O[C@@H](C(=O)c2ccc(Br)cc2)C2(CCCCC2)C1=O. The number of carbonyl (C=O) groups excluding carboxylic acids is 3. The maximum atomic E-state index is 13.2. The molecule has 4 nitrogen and oxygen atoms in total. The van der Waals surface area contributed by atoms with E-state index in [1.165, 1.54) is 0 Å². The van der Waals surface area contributed by atoms with Crippen molar-refractivity contribution in [2.24, 2.45) is 10.8 Å². The molecule has 24 heavy (non-hydrogen) atoms. The second-order valence-corrected chi connectivity index (χ2v) is 8.24. The molecule has 0 aromatic heterocycles. The third-order valence-corrected chi connectivity index (χ3v) is 5.90. The molecular formula is C19H21BrO4. The van der Waals surface area contributed by atoms with Crippen LogP contribution in [0.15, 0.2) is 28.7 Å². The van der Waals surface area contributed by atoms with E-state index in [0.29, 0.717) is 18.4 Å². The zero-order valence-electron chi connectivity index (χ0n) is 13.9. The number of ether oxygens (including phenoxy) is 1. The van der Waals surface area contributed by atoms with Gasteiger partial charge in [-0.05, 0) is 38.8 Å². The molecule has 0 N–H and O–H groups in total. The third-order valence-electron chi connectivity index (χ3n) is 5.37. The molecule has 2 fully saturated rings. The highest BCUT2D eigenvalue weighted by molar-refractivity contribution is 9.10. The Labute approximate surface area is 150 Å². The fourth-order valence-electron chi connectivity index (χ4n) is 3.94. The molecule has 128 valence electrons. The average molecular weight is 393 g/mol. The first-order valence-corrected chi connectivity index (χ1v) is 9.14. The lowest BCUT2D eigenvalue weighted by molar-refractivity contribution is -0.186. The van der Waals surface area contributed by atoms with E-state index >= 15 is 0 Å². The number of cyclic esters (lactones) is 1. The molecule has 0 bridgehead atoms. The van der Waals surface area contributed by atoms with Crippen LogP contribution in [-0.2, 0) is 14.3 Å². The molecule has 1 atom stereocenters. The Kier molecular flexibility index (Phi) is 4.41. The Balaban J connectivity index is 2.03. The first kappa shape index (κ1) is 17.3. The van der Waals surface area contributed by atoms with Crippen molar-refractivity contribution in [2.75, 3.05) is 0 Å². The first-order chi connectivity index (χ1) is 11.3. The molecule has 1 saturated heterocycles. The van der Waals surface area contributed by atoms with Gasteiger partial charge in [0.2, 0.25) is 5.78 Å². The van der Waals surface area contributed by atoms with Crippen molar-refractivity contribution < 1.29 is 19.1 Å². The summed E-state index contributed by atoms with van der Waals surface area (Å²) in [5.41, 5.74) is -1.60. The summed E-state index contributed by atoms with van der Waals surface area (Å²) in [6.45, 7) is 3.21. The highest BCUT2D eigenvalue weighted by Crippen LogP contribution is 2.50. The summed E-state index contributed by atoms with van der Waals surface area (Å²) in [6, 6.07) is 6.94. The lowest BCUT2D eigenvalue weighted by Crippen LogP contribution is -2.61. The third kappa shape index (κ3) is 2.63. The molecule has 3 rings (SSSR count). The van der Waals surface area contributed by atoms with E-state index in [1.54, 1.807) is 38.1 Å². The average Bonchev–Trinajstić information content (AvgIpc) is 2.58. The van der Waals surface area contributed by atoms with Gasteiger partial charge in [-0.2, -0.15) is 0 Å². The van der Waals surface area contributed by atoms with Gasteiger partial charge in [0.15, 0.2) is 11.9 Å². The minimum Gasteiger partial charge on any atom is -0.452 e. The van der Waals surface area contributed by atoms with E-state index in [1.807, 2.05) is 0 Å². The fourth-order valence-corrected chi connectivity index (χ4v) is 4.21. The van der Waals surface area contributed by atoms with Gasteiger partial charge in [0.25, 0.3) is 0 Å². The number of Topliss-reactive ketones (excluding diaryl/α,β-unsaturated/α-hetero) is 2. The topological polar surface area (TPSA) is 60.4 Å². The number of ketones is 2. The highest BCUT2D eigenvalue weighted by atomic mass is 79.9. The quantitative estimate of drug-likeness (QED) is 0.431. The fraction of sp³-hybridized carbons (Fsp3) is 0.526. The summed E-state index contributed by atoms with van der Waals surface area (Å²) in [5.74, 6) is -1.01. The summed E-state index contributed by atoms with van der Waals surface area (Å²) >= 11 is 3.34. The van der Waals surface area contributed by atoms with Crippen LogP contribution in [0, 0.1) is 10.8 Å². The summed E-state index contributed by atoms with van der Waals surface area (Å²) < 4.78 is 6.46. The molecule has 1 aliphatic carbocycles. The van der Waals surface area contributed by atoms with Gasteiger partial charge in [-0.3, -0.25) is 14.4 Å². The van der Waals surface area contributed by atoms with Crippen LogP contribution in [0.25, 0.3) is 0 Å². The molecule has 1 spiro atoms. The molecule has 1 aromatic carbocycles. The van der Waals surface area contributed by atoms with Gasteiger partial charge in [0.1, 0.15) is 5.41 Å². The summed E-state index contributed by atoms with van der Waals surface area (Å²) in [5, 5.41) is 0. The Bertz CT molecular complexity index is 684. The van der Waals surface area contributed by atoms with Gasteiger partial charge >= 0.3 is 5.97 Å². The normalized spacial score (nSPS) is 25.4. The van der Waals surface area contributed by atoms with Crippen molar-refractivity contribution in [3.63, 3.8) is 0 Å². The number of benzene rings is 1. The Morgan fingerprint density at radius 3 is 2.25 bits per heavy atom. The molecule has 0 amide bonds. The Morgan fingerprint density at radius 1 is 1.08 bits per heavy atom. The molecule has 0 radical (unpaired) electrons. The Morgan fingerprint density at radius 2 is 1.67 bits per heavy atom. The predicted molar refractivity (Wildman–Crippen MR) is 92.7 cm³/mol. The molecule has 1 aromatic rings. The van der Waals surface area contributed by atoms with Crippen LogP contribution >= 0.6 is 15.9 Å². The summed E-state index contributed by atoms with van der Waals surface area (Å²) in [6.07, 6.45) is 3.01. The van der Waals surface area contributed by atoms with Crippen molar-refractivity contribution >= 4 is 33.5 Å². The van der Waals surface area contributed by atoms with Crippen molar-refractivity contribution in [3.05, 3.63) is 34.3 Å². The van der Waals surface area contributed by atoms with E-state index in [0.717, 1.165) is 23.7 Å². The van der Waals surface area contributed by atoms with Crippen LogP contribution in [0.5, 0.6) is 0 Å². The van der Waals surface area contributed by atoms with Gasteiger partial charge in [0.05, 0.1) is 5.41 Å². The predicted octanol–water partition coefficient (Wildman–Crippen LogP) is 4.10. The largest absolute Gasteiger partial charge is 0.452 e. The molecular weight excluding hydrogens is 372 g/mol. The second kappa shape index (κ2) is 6.10. The lowest BCUT2D eigenvalue weighted by Gasteiger charge is -2.48. The summed E-state index contributed by atoms with van der Waals surface area (Å²) in [4.78, 5) is 38.6. The van der Waals surface area contributed by atoms with Gasteiger partial charge in [0, 0.05) is 10.0 Å². The zero-order valence-corrected chi connectivity index (χ0v) is 15.5. The van der Waals surface area contributed by atoms with Gasteiger partial charge < -0.3 is 4.74 Å². The molecule has 5 heteroatoms. The van der Waals surface area contributed by atoms with Crippen molar-refractivity contribution in [2.45, 2.75) is 52.1 Å². The molecule has 2 aliphatic rings. The smallest absolute Gasteiger partial charge is 0.319 e. The van der Waals surface area contributed by atoms with Gasteiger partial charge in [-0.25, -0.2) is 0 Å². The van der Waals surface area contributed by atoms with E-state index in [9.17, 15) is 14.4 Å². The molecule has 1 heterocycles. The van der Waals surface area contributed by atoms with E-state index in [-0.39, 0.29) is 11.6 Å². The van der Waals surface area contributed by atoms with Crippen LogP contribution in [0.3, 0.4) is 0 Å². The minimum absolute atomic E-state index is 0.138.